The monoisotopic (exact) mass is 706 g/mol. The van der Waals surface area contributed by atoms with Gasteiger partial charge in [-0.3, -0.25) is 0 Å². The summed E-state index contributed by atoms with van der Waals surface area (Å²) < 4.78 is 13.2. The van der Waals surface area contributed by atoms with Gasteiger partial charge >= 0.3 is 0 Å². The fourth-order valence-electron chi connectivity index (χ4n) is 8.72. The Morgan fingerprint density at radius 1 is 0.491 bits per heavy atom. The Morgan fingerprint density at radius 3 is 2.07 bits per heavy atom. The molecule has 0 N–H and O–H groups in total. The van der Waals surface area contributed by atoms with Crippen LogP contribution in [0.1, 0.15) is 16.7 Å². The number of fused-ring (bicyclic) bond motifs is 10. The normalized spacial score (nSPS) is 14.7. The molecule has 1 aliphatic heterocycles. The SMILES string of the molecule is C1=C2c3ccccc3N(c3ccc(-c4nc(-c5ccccc5)nc(-c5ccc6c(c5)oc5ccccc56)n4)c4c3oc3ccccc34)C2Cc2ccccc21. The molecule has 1 unspecified atom stereocenters. The van der Waals surface area contributed by atoms with Crippen molar-refractivity contribution < 1.29 is 8.83 Å². The molecule has 0 saturated carbocycles. The van der Waals surface area contributed by atoms with Gasteiger partial charge in [0.1, 0.15) is 16.7 Å². The molecule has 3 aromatic heterocycles. The third-order valence-electron chi connectivity index (χ3n) is 11.2. The van der Waals surface area contributed by atoms with Crippen LogP contribution in [-0.4, -0.2) is 21.0 Å². The van der Waals surface area contributed by atoms with E-state index in [0.717, 1.165) is 72.7 Å². The van der Waals surface area contributed by atoms with Gasteiger partial charge in [-0.25, -0.2) is 15.0 Å². The van der Waals surface area contributed by atoms with Crippen LogP contribution >= 0.6 is 0 Å². The van der Waals surface area contributed by atoms with Gasteiger partial charge in [0.2, 0.25) is 0 Å². The Morgan fingerprint density at radius 2 is 1.18 bits per heavy atom. The maximum absolute atomic E-state index is 6.88. The molecule has 0 amide bonds. The van der Waals surface area contributed by atoms with Crippen molar-refractivity contribution in [2.45, 2.75) is 12.5 Å². The number of hydrogen-bond acceptors (Lipinski definition) is 6. The van der Waals surface area contributed by atoms with Gasteiger partial charge in [-0.15, -0.1) is 0 Å². The van der Waals surface area contributed by atoms with Crippen LogP contribution in [0.5, 0.6) is 0 Å². The number of hydrogen-bond donors (Lipinski definition) is 0. The lowest BCUT2D eigenvalue weighted by molar-refractivity contribution is 0.665. The summed E-state index contributed by atoms with van der Waals surface area (Å²) in [4.78, 5) is 17.9. The van der Waals surface area contributed by atoms with Gasteiger partial charge < -0.3 is 13.7 Å². The number of anilines is 2. The first kappa shape index (κ1) is 30.2. The molecule has 4 heterocycles. The first-order valence-electron chi connectivity index (χ1n) is 18.6. The molecule has 1 atom stereocenters. The molecule has 1 aliphatic carbocycles. The number of nitrogens with zero attached hydrogens (tertiary/aromatic N) is 4. The largest absolute Gasteiger partial charge is 0.456 e. The molecule has 2 aliphatic rings. The third kappa shape index (κ3) is 4.58. The zero-order chi connectivity index (χ0) is 36.0. The summed E-state index contributed by atoms with van der Waals surface area (Å²) in [5.41, 5.74) is 13.3. The molecule has 10 aromatic rings. The van der Waals surface area contributed by atoms with E-state index in [9.17, 15) is 0 Å². The lowest BCUT2D eigenvalue weighted by Crippen LogP contribution is -2.30. The minimum atomic E-state index is 0.121. The zero-order valence-electron chi connectivity index (χ0n) is 29.5. The number of rotatable bonds is 4. The van der Waals surface area contributed by atoms with Crippen molar-refractivity contribution in [1.82, 2.24) is 15.0 Å². The second-order valence-corrected chi connectivity index (χ2v) is 14.3. The minimum absolute atomic E-state index is 0.121. The van der Waals surface area contributed by atoms with E-state index >= 15 is 0 Å². The highest BCUT2D eigenvalue weighted by atomic mass is 16.3. The summed E-state index contributed by atoms with van der Waals surface area (Å²) in [5.74, 6) is 1.74. The molecule has 7 aromatic carbocycles. The Balaban J connectivity index is 1.08. The van der Waals surface area contributed by atoms with E-state index < -0.39 is 0 Å². The molecule has 0 saturated heterocycles. The second kappa shape index (κ2) is 11.6. The molecule has 55 heavy (non-hydrogen) atoms. The van der Waals surface area contributed by atoms with Crippen molar-refractivity contribution in [3.8, 4) is 34.2 Å². The lowest BCUT2D eigenvalue weighted by atomic mass is 9.87. The number of para-hydroxylation sites is 3. The quantitative estimate of drug-likeness (QED) is 0.181. The predicted octanol–water partition coefficient (Wildman–Crippen LogP) is 12.3. The Kier molecular flexibility index (Phi) is 6.36. The summed E-state index contributed by atoms with van der Waals surface area (Å²) in [6.45, 7) is 0. The van der Waals surface area contributed by atoms with Crippen LogP contribution in [0.15, 0.2) is 167 Å². The Bertz CT molecular complexity index is 3210. The zero-order valence-corrected chi connectivity index (χ0v) is 29.5. The van der Waals surface area contributed by atoms with Crippen molar-refractivity contribution in [1.29, 1.82) is 0 Å². The average Bonchev–Trinajstić information content (AvgIpc) is 3.92. The molecule has 0 radical (unpaired) electrons. The van der Waals surface area contributed by atoms with Gasteiger partial charge in [0.15, 0.2) is 23.1 Å². The van der Waals surface area contributed by atoms with Crippen LogP contribution in [0, 0.1) is 0 Å². The predicted molar refractivity (Wildman–Crippen MR) is 221 cm³/mol. The van der Waals surface area contributed by atoms with E-state index in [1.54, 1.807) is 0 Å². The maximum atomic E-state index is 6.88. The smallest absolute Gasteiger partial charge is 0.164 e. The van der Waals surface area contributed by atoms with Crippen LogP contribution in [0.3, 0.4) is 0 Å². The van der Waals surface area contributed by atoms with Gasteiger partial charge in [0.05, 0.1) is 11.7 Å². The van der Waals surface area contributed by atoms with Crippen LogP contribution in [-0.2, 0) is 6.42 Å². The average molecular weight is 707 g/mol. The number of aromatic nitrogens is 3. The molecule has 0 fully saturated rings. The summed E-state index contributed by atoms with van der Waals surface area (Å²) in [6.07, 6.45) is 3.26. The van der Waals surface area contributed by atoms with E-state index in [4.69, 9.17) is 23.8 Å². The fourth-order valence-corrected chi connectivity index (χ4v) is 8.72. The van der Waals surface area contributed by atoms with Crippen LogP contribution < -0.4 is 4.90 Å². The van der Waals surface area contributed by atoms with Gasteiger partial charge in [-0.2, -0.15) is 0 Å². The van der Waals surface area contributed by atoms with Crippen molar-refractivity contribution >= 4 is 66.9 Å². The maximum Gasteiger partial charge on any atom is 0.164 e. The van der Waals surface area contributed by atoms with E-state index in [1.165, 1.54) is 28.0 Å². The minimum Gasteiger partial charge on any atom is -0.456 e. The summed E-state index contributed by atoms with van der Waals surface area (Å²) in [5, 5.41) is 4.13. The molecular formula is C49H30N4O2. The van der Waals surface area contributed by atoms with Gasteiger partial charge in [0, 0.05) is 49.5 Å². The molecule has 6 nitrogen and oxygen atoms in total. The van der Waals surface area contributed by atoms with Crippen LogP contribution in [0.2, 0.25) is 0 Å². The highest BCUT2D eigenvalue weighted by Crippen LogP contribution is 2.52. The Hall–Kier alpha value is -7.31. The summed E-state index contributed by atoms with van der Waals surface area (Å²) in [7, 11) is 0. The van der Waals surface area contributed by atoms with E-state index in [2.05, 4.69) is 102 Å². The first-order valence-corrected chi connectivity index (χ1v) is 18.6. The molecular weight excluding hydrogens is 677 g/mol. The van der Waals surface area contributed by atoms with Crippen molar-refractivity contribution in [3.05, 3.63) is 174 Å². The number of benzene rings is 7. The highest BCUT2D eigenvalue weighted by Gasteiger charge is 2.38. The standard InChI is InChI=1S/C49H30N4O2/c1-2-12-29(13-3-1)47-50-48(32-22-23-35-34-17-7-10-20-42(34)54-44(35)28-32)52-49(51-47)37-24-25-40(46-45(37)36-18-8-11-21-43(36)55-46)53-39-19-9-6-16-33(39)38-26-30-14-4-5-15-31(30)27-41(38)53/h1-26,28,41H,27H2. The van der Waals surface area contributed by atoms with Gasteiger partial charge in [-0.1, -0.05) is 115 Å². The lowest BCUT2D eigenvalue weighted by Gasteiger charge is -2.31. The third-order valence-corrected chi connectivity index (χ3v) is 11.2. The van der Waals surface area contributed by atoms with Crippen molar-refractivity contribution in [2.24, 2.45) is 0 Å². The molecule has 258 valence electrons. The van der Waals surface area contributed by atoms with E-state index in [-0.39, 0.29) is 6.04 Å². The van der Waals surface area contributed by atoms with E-state index in [0.29, 0.717) is 17.5 Å². The van der Waals surface area contributed by atoms with Gasteiger partial charge in [0.25, 0.3) is 0 Å². The fraction of sp³-hybridized carbons (Fsp3) is 0.0408. The second-order valence-electron chi connectivity index (χ2n) is 14.3. The van der Waals surface area contributed by atoms with Crippen LogP contribution in [0.25, 0.3) is 89.7 Å². The molecule has 0 bridgehead atoms. The topological polar surface area (TPSA) is 68.2 Å². The van der Waals surface area contributed by atoms with Crippen molar-refractivity contribution in [2.75, 3.05) is 4.90 Å². The first-order chi connectivity index (χ1) is 27.2. The van der Waals surface area contributed by atoms with Crippen LogP contribution in [0.4, 0.5) is 11.4 Å². The molecule has 6 heteroatoms. The summed E-state index contributed by atoms with van der Waals surface area (Å²) in [6, 6.07) is 54.6. The van der Waals surface area contributed by atoms with Gasteiger partial charge in [-0.05, 0) is 71.7 Å². The van der Waals surface area contributed by atoms with Crippen molar-refractivity contribution in [3.63, 3.8) is 0 Å². The number of furan rings is 2. The molecule has 12 rings (SSSR count). The van der Waals surface area contributed by atoms with E-state index in [1.807, 2.05) is 66.7 Å². The molecule has 0 spiro atoms. The summed E-state index contributed by atoms with van der Waals surface area (Å²) >= 11 is 0. The Labute approximate surface area is 315 Å². The highest BCUT2D eigenvalue weighted by molar-refractivity contribution is 6.17.